The lowest BCUT2D eigenvalue weighted by molar-refractivity contribution is 0.178. The molecule has 2 aliphatic rings. The highest BCUT2D eigenvalue weighted by molar-refractivity contribution is 6.33. The molecule has 2 aromatic heterocycles. The number of pyridine rings is 1. The van der Waals surface area contributed by atoms with E-state index in [0.29, 0.717) is 22.2 Å². The fourth-order valence-corrected chi connectivity index (χ4v) is 6.87. The lowest BCUT2D eigenvalue weighted by Crippen LogP contribution is -2.44. The highest BCUT2D eigenvalue weighted by Gasteiger charge is 2.27. The third-order valence-corrected chi connectivity index (χ3v) is 9.39. The molecule has 0 bridgehead atoms. The van der Waals surface area contributed by atoms with Crippen LogP contribution in [-0.4, -0.2) is 77.2 Å². The van der Waals surface area contributed by atoms with E-state index in [9.17, 15) is 4.79 Å². The Bertz CT molecular complexity index is 1680. The average molecular weight is 600 g/mol. The summed E-state index contributed by atoms with van der Waals surface area (Å²) < 4.78 is 1.93. The number of piperidine rings is 1. The van der Waals surface area contributed by atoms with Gasteiger partial charge in [0.1, 0.15) is 5.65 Å². The van der Waals surface area contributed by atoms with Crippen LogP contribution in [0.2, 0.25) is 5.02 Å². The number of anilines is 3. The molecule has 0 unspecified atom stereocenters. The van der Waals surface area contributed by atoms with Gasteiger partial charge < -0.3 is 20.0 Å². The van der Waals surface area contributed by atoms with E-state index in [1.54, 1.807) is 0 Å². The van der Waals surface area contributed by atoms with Crippen molar-refractivity contribution in [2.24, 2.45) is 0 Å². The molecule has 0 saturated carbocycles. The molecule has 1 atom stereocenters. The zero-order valence-corrected chi connectivity index (χ0v) is 26.5. The second-order valence-electron chi connectivity index (χ2n) is 12.1. The van der Waals surface area contributed by atoms with Crippen molar-refractivity contribution >= 4 is 40.0 Å². The Balaban J connectivity index is 1.41. The summed E-state index contributed by atoms with van der Waals surface area (Å²) in [6, 6.07) is 14.1. The summed E-state index contributed by atoms with van der Waals surface area (Å²) in [6.07, 6.45) is 4.92. The van der Waals surface area contributed by atoms with Gasteiger partial charge in [0.2, 0.25) is 5.95 Å². The molecule has 43 heavy (non-hydrogen) atoms. The van der Waals surface area contributed by atoms with Gasteiger partial charge in [-0.15, -0.1) is 0 Å². The molecule has 2 aromatic carbocycles. The van der Waals surface area contributed by atoms with E-state index in [0.717, 1.165) is 92.8 Å². The maximum atomic E-state index is 14.4. The molecule has 2 saturated heterocycles. The van der Waals surface area contributed by atoms with Crippen molar-refractivity contribution < 1.29 is 0 Å². The zero-order chi connectivity index (χ0) is 30.1. The molecule has 9 heteroatoms. The third-order valence-electron chi connectivity index (χ3n) is 9.06. The Morgan fingerprint density at radius 3 is 2.58 bits per heavy atom. The lowest BCUT2D eigenvalue weighted by atomic mass is 9.98. The van der Waals surface area contributed by atoms with Crippen LogP contribution in [0.15, 0.2) is 53.5 Å². The van der Waals surface area contributed by atoms with Crippen LogP contribution in [0.1, 0.15) is 43.4 Å². The number of hydrogen-bond acceptors (Lipinski definition) is 7. The van der Waals surface area contributed by atoms with Crippen LogP contribution in [0, 0.1) is 13.8 Å². The number of halogens is 1. The third kappa shape index (κ3) is 6.01. The molecule has 4 aromatic rings. The van der Waals surface area contributed by atoms with Gasteiger partial charge in [-0.05, 0) is 88.6 Å². The van der Waals surface area contributed by atoms with Gasteiger partial charge in [-0.25, -0.2) is 4.98 Å². The summed E-state index contributed by atoms with van der Waals surface area (Å²) in [4.78, 5) is 31.5. The first-order valence-corrected chi connectivity index (χ1v) is 15.9. The van der Waals surface area contributed by atoms with E-state index in [-0.39, 0.29) is 11.6 Å². The topological polar surface area (TPSA) is 69.5 Å². The van der Waals surface area contributed by atoms with Gasteiger partial charge in [0.15, 0.2) is 0 Å². The number of aryl methyl sites for hydroxylation is 2. The van der Waals surface area contributed by atoms with Crippen molar-refractivity contribution in [3.05, 3.63) is 75.2 Å². The minimum absolute atomic E-state index is 0.0181. The summed E-state index contributed by atoms with van der Waals surface area (Å²) in [7, 11) is 2.17. The number of benzene rings is 2. The Kier molecular flexibility index (Phi) is 8.71. The molecule has 226 valence electrons. The maximum absolute atomic E-state index is 14.4. The summed E-state index contributed by atoms with van der Waals surface area (Å²) in [5.74, 6) is 0.488. The predicted octanol–water partition coefficient (Wildman–Crippen LogP) is 6.27. The molecular weight excluding hydrogens is 558 g/mol. The van der Waals surface area contributed by atoms with Gasteiger partial charge in [-0.3, -0.25) is 9.36 Å². The van der Waals surface area contributed by atoms with E-state index in [1.807, 2.05) is 42.0 Å². The molecule has 0 spiro atoms. The number of hydrogen-bond donors (Lipinski definition) is 1. The lowest BCUT2D eigenvalue weighted by Gasteiger charge is -2.34. The maximum Gasteiger partial charge on any atom is 0.260 e. The minimum Gasteiger partial charge on any atom is -0.369 e. The number of rotatable bonds is 7. The molecule has 0 aliphatic carbocycles. The molecule has 8 nitrogen and oxygen atoms in total. The predicted molar refractivity (Wildman–Crippen MR) is 178 cm³/mol. The van der Waals surface area contributed by atoms with Crippen LogP contribution in [0.4, 0.5) is 17.3 Å². The fraction of sp³-hybridized carbons (Fsp3) is 0.441. The Morgan fingerprint density at radius 2 is 1.84 bits per heavy atom. The van der Waals surface area contributed by atoms with Crippen LogP contribution in [0.5, 0.6) is 0 Å². The van der Waals surface area contributed by atoms with E-state index >= 15 is 0 Å². The van der Waals surface area contributed by atoms with E-state index in [4.69, 9.17) is 21.6 Å². The summed E-state index contributed by atoms with van der Waals surface area (Å²) >= 11 is 6.65. The standard InChI is InChI=1S/C34H42ClN7O/c1-5-14-40-15-8-9-26(22-40)42-32-28(24(3)31(33(42)43)27-10-6-7-11-29(27)35)21-36-34(38-32)37-30-13-12-25(20-23(30)2)41-18-16-39(4)17-19-41/h6-7,10-13,20-21,26H,5,8-9,14-19,22H2,1-4H3,(H,36,37,38)/t26-/m0/s1. The van der Waals surface area contributed by atoms with Gasteiger partial charge in [0.25, 0.3) is 5.56 Å². The second kappa shape index (κ2) is 12.6. The largest absolute Gasteiger partial charge is 0.369 e. The first-order chi connectivity index (χ1) is 20.8. The normalized spacial score (nSPS) is 18.3. The van der Waals surface area contributed by atoms with Crippen LogP contribution < -0.4 is 15.8 Å². The van der Waals surface area contributed by atoms with Crippen molar-refractivity contribution in [3.8, 4) is 11.1 Å². The minimum atomic E-state index is -0.0428. The number of aromatic nitrogens is 3. The van der Waals surface area contributed by atoms with Crippen LogP contribution in [0.25, 0.3) is 22.2 Å². The Labute approximate surface area is 259 Å². The van der Waals surface area contributed by atoms with E-state index in [2.05, 4.69) is 59.1 Å². The molecule has 0 radical (unpaired) electrons. The van der Waals surface area contributed by atoms with Gasteiger partial charge in [0.05, 0.1) is 11.6 Å². The SMILES string of the molecule is CCCN1CCC[C@H](n2c(=O)c(-c3ccccc3Cl)c(C)c3cnc(Nc4ccc(N5CCN(C)CC5)cc4C)nc32)C1. The highest BCUT2D eigenvalue weighted by atomic mass is 35.5. The number of nitrogens with one attached hydrogen (secondary N) is 1. The molecule has 0 amide bonds. The van der Waals surface area contributed by atoms with Crippen LogP contribution in [-0.2, 0) is 0 Å². The van der Waals surface area contributed by atoms with Crippen LogP contribution in [0.3, 0.4) is 0 Å². The van der Waals surface area contributed by atoms with E-state index in [1.165, 1.54) is 5.69 Å². The Hall–Kier alpha value is -3.46. The first-order valence-electron chi connectivity index (χ1n) is 15.5. The molecular formula is C34H42ClN7O. The zero-order valence-electron chi connectivity index (χ0n) is 25.7. The number of fused-ring (bicyclic) bond motifs is 1. The summed E-state index contributed by atoms with van der Waals surface area (Å²) in [6.45, 7) is 13.4. The number of likely N-dealkylation sites (tertiary alicyclic amines) is 1. The van der Waals surface area contributed by atoms with Gasteiger partial charge in [-0.2, -0.15) is 4.98 Å². The van der Waals surface area contributed by atoms with Gasteiger partial charge in [-0.1, -0.05) is 36.7 Å². The van der Waals surface area contributed by atoms with E-state index < -0.39 is 0 Å². The van der Waals surface area contributed by atoms with Crippen molar-refractivity contribution in [1.29, 1.82) is 0 Å². The molecule has 2 aliphatic heterocycles. The molecule has 2 fully saturated rings. The van der Waals surface area contributed by atoms with Gasteiger partial charge >= 0.3 is 0 Å². The summed E-state index contributed by atoms with van der Waals surface area (Å²) in [5, 5.41) is 4.90. The van der Waals surface area contributed by atoms with Crippen molar-refractivity contribution in [1.82, 2.24) is 24.3 Å². The number of nitrogens with zero attached hydrogens (tertiary/aromatic N) is 6. The molecule has 4 heterocycles. The fourth-order valence-electron chi connectivity index (χ4n) is 6.64. The quantitative estimate of drug-likeness (QED) is 0.268. The van der Waals surface area contributed by atoms with Crippen molar-refractivity contribution in [2.75, 3.05) is 63.1 Å². The Morgan fingerprint density at radius 1 is 1.05 bits per heavy atom. The second-order valence-corrected chi connectivity index (χ2v) is 12.5. The van der Waals surface area contributed by atoms with Crippen molar-refractivity contribution in [3.63, 3.8) is 0 Å². The smallest absolute Gasteiger partial charge is 0.260 e. The number of piperazine rings is 1. The molecule has 1 N–H and O–H groups in total. The van der Waals surface area contributed by atoms with Crippen LogP contribution >= 0.6 is 11.6 Å². The molecule has 6 rings (SSSR count). The average Bonchev–Trinajstić information content (AvgIpc) is 3.00. The summed E-state index contributed by atoms with van der Waals surface area (Å²) in [5.41, 5.74) is 6.19. The highest BCUT2D eigenvalue weighted by Crippen LogP contribution is 2.34. The van der Waals surface area contributed by atoms with Crippen molar-refractivity contribution in [2.45, 2.75) is 46.1 Å². The number of likely N-dealkylation sites (N-methyl/N-ethyl adjacent to an activating group) is 1. The monoisotopic (exact) mass is 599 g/mol. The first kappa shape index (κ1) is 29.6. The van der Waals surface area contributed by atoms with Gasteiger partial charge in [0, 0.05) is 66.3 Å².